The van der Waals surface area contributed by atoms with Gasteiger partial charge in [0.25, 0.3) is 0 Å². The number of aliphatic hydroxyl groups excluding tert-OH is 1. The largest absolute Gasteiger partial charge is 1.00 e. The summed E-state index contributed by atoms with van der Waals surface area (Å²) in [5, 5.41) is 9.02. The van der Waals surface area contributed by atoms with Crippen LogP contribution >= 0.6 is 0 Å². The number of hydrogen-bond donors (Lipinski definition) is 1. The van der Waals surface area contributed by atoms with Crippen LogP contribution in [-0.4, -0.2) is 29.4 Å². The first-order chi connectivity index (χ1) is 13.4. The fourth-order valence-electron chi connectivity index (χ4n) is 3.88. The second-order valence-corrected chi connectivity index (χ2v) is 10.2. The van der Waals surface area contributed by atoms with Crippen molar-refractivity contribution in [2.45, 2.75) is 147 Å². The van der Waals surface area contributed by atoms with Gasteiger partial charge in [0.05, 0.1) is 16.2 Å². The van der Waals surface area contributed by atoms with Crippen LogP contribution < -0.4 is 51.4 Å². The van der Waals surface area contributed by atoms with E-state index in [-0.39, 0.29) is 57.5 Å². The van der Waals surface area contributed by atoms with Gasteiger partial charge in [-0.2, -0.15) is 0 Å². The van der Waals surface area contributed by atoms with Crippen molar-refractivity contribution in [1.82, 2.24) is 0 Å². The van der Waals surface area contributed by atoms with Gasteiger partial charge in [0.2, 0.25) is 0 Å². The van der Waals surface area contributed by atoms with Gasteiger partial charge in [0.1, 0.15) is 0 Å². The molecular weight excluding hydrogens is 411 g/mol. The first-order valence-corrected chi connectivity index (χ1v) is 13.5. The van der Waals surface area contributed by atoms with E-state index in [0.717, 1.165) is 70.6 Å². The van der Waals surface area contributed by atoms with E-state index < -0.39 is 15.4 Å². The van der Waals surface area contributed by atoms with Gasteiger partial charge in [-0.1, -0.05) is 110 Å². The van der Waals surface area contributed by atoms with E-state index in [1.54, 1.807) is 0 Å². The molecule has 0 aliphatic rings. The molecule has 170 valence electrons. The van der Waals surface area contributed by atoms with E-state index in [0.29, 0.717) is 12.8 Å². The Balaban J connectivity index is 0. The summed E-state index contributed by atoms with van der Waals surface area (Å²) in [6.07, 6.45) is 19.7. The molecule has 1 N–H and O–H groups in total. The van der Waals surface area contributed by atoms with Crippen LogP contribution in [0.5, 0.6) is 0 Å². The maximum Gasteiger partial charge on any atom is 1.00 e. The second kappa shape index (κ2) is 22.7. The fourth-order valence-corrected chi connectivity index (χ4v) is 4.79. The standard InChI is InChI=1S/C23H48O4S.K/c1-3-5-6-16-20-23(28(25,26)27)21-17-14-12-10-8-7-9-11-13-15-19-22(24)18-4-2;/h22-24H,3-21H2,1-2H3,(H,25,26,27);/q;+1/p-1. The minimum absolute atomic E-state index is 0. The SMILES string of the molecule is CCCCCCC(CCCCCCCCCCCCC(O)CCC)S(=O)(=O)[O-].[K+]. The van der Waals surface area contributed by atoms with Crippen molar-refractivity contribution in [3.8, 4) is 0 Å². The third-order valence-electron chi connectivity index (χ3n) is 5.72. The zero-order valence-electron chi connectivity index (χ0n) is 19.7. The maximum absolute atomic E-state index is 11.4. The molecule has 2 unspecified atom stereocenters. The molecule has 0 fully saturated rings. The number of aliphatic hydroxyl groups is 1. The second-order valence-electron chi connectivity index (χ2n) is 8.52. The Labute approximate surface area is 224 Å². The molecule has 0 saturated heterocycles. The molecule has 0 amide bonds. The van der Waals surface area contributed by atoms with E-state index in [9.17, 15) is 18.1 Å². The Morgan fingerprint density at radius 1 is 0.621 bits per heavy atom. The van der Waals surface area contributed by atoms with E-state index in [4.69, 9.17) is 0 Å². The van der Waals surface area contributed by atoms with Crippen molar-refractivity contribution in [3.05, 3.63) is 0 Å². The number of rotatable bonds is 21. The monoisotopic (exact) mass is 458 g/mol. The Bertz CT molecular complexity index is 429. The van der Waals surface area contributed by atoms with Crippen LogP contribution in [0.3, 0.4) is 0 Å². The average molecular weight is 459 g/mol. The molecule has 0 radical (unpaired) electrons. The molecule has 0 saturated carbocycles. The van der Waals surface area contributed by atoms with Crippen molar-refractivity contribution in [2.24, 2.45) is 0 Å². The maximum atomic E-state index is 11.4. The van der Waals surface area contributed by atoms with Crippen LogP contribution in [0.1, 0.15) is 136 Å². The zero-order valence-corrected chi connectivity index (χ0v) is 23.6. The van der Waals surface area contributed by atoms with Gasteiger partial charge >= 0.3 is 51.4 Å². The summed E-state index contributed by atoms with van der Waals surface area (Å²) in [7, 11) is -4.14. The minimum atomic E-state index is -4.14. The molecule has 4 nitrogen and oxygen atoms in total. The average Bonchev–Trinajstić information content (AvgIpc) is 2.63. The molecule has 6 heteroatoms. The van der Waals surface area contributed by atoms with Crippen molar-refractivity contribution in [1.29, 1.82) is 0 Å². The normalized spacial score (nSPS) is 13.8. The zero-order chi connectivity index (χ0) is 21.1. The summed E-state index contributed by atoms with van der Waals surface area (Å²) in [4.78, 5) is 0. The molecule has 0 bridgehead atoms. The van der Waals surface area contributed by atoms with E-state index in [2.05, 4.69) is 13.8 Å². The first kappa shape index (κ1) is 32.7. The summed E-state index contributed by atoms with van der Waals surface area (Å²) in [6, 6.07) is 0. The van der Waals surface area contributed by atoms with Crippen molar-refractivity contribution in [2.75, 3.05) is 0 Å². The van der Waals surface area contributed by atoms with Gasteiger partial charge in [0, 0.05) is 5.25 Å². The predicted molar refractivity (Wildman–Crippen MR) is 119 cm³/mol. The Morgan fingerprint density at radius 3 is 1.38 bits per heavy atom. The quantitative estimate of drug-likeness (QED) is 0.162. The fraction of sp³-hybridized carbons (Fsp3) is 1.00. The van der Waals surface area contributed by atoms with E-state index in [1.165, 1.54) is 38.5 Å². The third kappa shape index (κ3) is 22.5. The van der Waals surface area contributed by atoms with Gasteiger partial charge in [-0.25, -0.2) is 8.42 Å². The molecule has 0 aromatic rings. The Morgan fingerprint density at radius 2 is 1.00 bits per heavy atom. The molecule has 29 heavy (non-hydrogen) atoms. The number of unbranched alkanes of at least 4 members (excludes halogenated alkanes) is 12. The molecular formula is C23H47KO4S. The number of hydrogen-bond acceptors (Lipinski definition) is 4. The van der Waals surface area contributed by atoms with Crippen LogP contribution in [0.25, 0.3) is 0 Å². The van der Waals surface area contributed by atoms with Gasteiger partial charge < -0.3 is 9.66 Å². The van der Waals surface area contributed by atoms with Gasteiger partial charge in [-0.05, 0) is 25.7 Å². The summed E-state index contributed by atoms with van der Waals surface area (Å²) in [6.45, 7) is 4.24. The van der Waals surface area contributed by atoms with Crippen molar-refractivity contribution >= 4 is 10.1 Å². The Hall–Kier alpha value is 1.51. The summed E-state index contributed by atoms with van der Waals surface area (Å²) < 4.78 is 34.2. The van der Waals surface area contributed by atoms with Gasteiger partial charge in [-0.15, -0.1) is 0 Å². The molecule has 0 aromatic heterocycles. The van der Waals surface area contributed by atoms with Gasteiger partial charge in [-0.3, -0.25) is 0 Å². The summed E-state index contributed by atoms with van der Waals surface area (Å²) in [5.74, 6) is 0. The smallest absolute Gasteiger partial charge is 0.748 e. The molecule has 0 rings (SSSR count). The summed E-state index contributed by atoms with van der Waals surface area (Å²) in [5.41, 5.74) is 0. The summed E-state index contributed by atoms with van der Waals surface area (Å²) >= 11 is 0. The Kier molecular flexibility index (Phi) is 25.6. The predicted octanol–water partition coefficient (Wildman–Crippen LogP) is 3.72. The van der Waals surface area contributed by atoms with Crippen LogP contribution in [-0.2, 0) is 10.1 Å². The van der Waals surface area contributed by atoms with Crippen LogP contribution in [0, 0.1) is 0 Å². The van der Waals surface area contributed by atoms with Crippen LogP contribution in [0.4, 0.5) is 0 Å². The van der Waals surface area contributed by atoms with Crippen molar-refractivity contribution < 1.29 is 69.5 Å². The van der Waals surface area contributed by atoms with Gasteiger partial charge in [0.15, 0.2) is 0 Å². The molecule has 0 aliphatic carbocycles. The molecule has 0 heterocycles. The molecule has 0 aromatic carbocycles. The van der Waals surface area contributed by atoms with Crippen molar-refractivity contribution in [3.63, 3.8) is 0 Å². The van der Waals surface area contributed by atoms with E-state index in [1.807, 2.05) is 0 Å². The minimum Gasteiger partial charge on any atom is -0.748 e. The van der Waals surface area contributed by atoms with E-state index >= 15 is 0 Å². The van der Waals surface area contributed by atoms with Crippen LogP contribution in [0.2, 0.25) is 0 Å². The third-order valence-corrected chi connectivity index (χ3v) is 7.01. The molecule has 0 spiro atoms. The molecule has 0 aliphatic heterocycles. The molecule has 2 atom stereocenters. The first-order valence-electron chi connectivity index (χ1n) is 12.0. The van der Waals surface area contributed by atoms with Crippen LogP contribution in [0.15, 0.2) is 0 Å². The topological polar surface area (TPSA) is 77.4 Å².